The molecule has 0 aromatic carbocycles. The molecule has 0 spiro atoms. The van der Waals surface area contributed by atoms with Crippen molar-refractivity contribution in [3.63, 3.8) is 0 Å². The number of aliphatic carboxylic acids is 1. The van der Waals surface area contributed by atoms with Crippen LogP contribution in [0.2, 0.25) is 0 Å². The molecule has 2 aliphatic rings. The summed E-state index contributed by atoms with van der Waals surface area (Å²) in [4.78, 5) is 27.3. The third-order valence-corrected chi connectivity index (χ3v) is 4.35. The summed E-state index contributed by atoms with van der Waals surface area (Å²) >= 11 is 0. The molecule has 6 heteroatoms. The number of carboxylic acid groups (broad SMARTS) is 1. The Morgan fingerprint density at radius 2 is 1.95 bits per heavy atom. The Balaban J connectivity index is 1.92. The van der Waals surface area contributed by atoms with Gasteiger partial charge in [-0.25, -0.2) is 0 Å². The van der Waals surface area contributed by atoms with Crippen molar-refractivity contribution in [3.8, 4) is 0 Å². The number of hydrogen-bond acceptors (Lipinski definition) is 4. The van der Waals surface area contributed by atoms with E-state index in [1.807, 2.05) is 9.80 Å². The van der Waals surface area contributed by atoms with Crippen LogP contribution in [0.3, 0.4) is 0 Å². The maximum atomic E-state index is 12.8. The maximum Gasteiger partial charge on any atom is 0.317 e. The number of carbonyl (C=O) groups excluding carboxylic acids is 1. The summed E-state index contributed by atoms with van der Waals surface area (Å²) < 4.78 is 0. The zero-order chi connectivity index (χ0) is 14.6. The summed E-state index contributed by atoms with van der Waals surface area (Å²) in [6, 6.07) is 0. The molecule has 20 heavy (non-hydrogen) atoms. The highest BCUT2D eigenvalue weighted by Gasteiger charge is 2.42. The van der Waals surface area contributed by atoms with Crippen molar-refractivity contribution >= 4 is 11.9 Å². The van der Waals surface area contributed by atoms with Gasteiger partial charge in [0.15, 0.2) is 0 Å². The van der Waals surface area contributed by atoms with Crippen LogP contribution in [0, 0.1) is 0 Å². The predicted octanol–water partition coefficient (Wildman–Crippen LogP) is 0.138. The van der Waals surface area contributed by atoms with Gasteiger partial charge >= 0.3 is 5.97 Å². The van der Waals surface area contributed by atoms with Crippen molar-refractivity contribution in [1.29, 1.82) is 0 Å². The molecule has 2 rings (SSSR count). The molecule has 2 heterocycles. The fourth-order valence-corrected chi connectivity index (χ4v) is 3.34. The van der Waals surface area contributed by atoms with Crippen LogP contribution in [-0.4, -0.2) is 71.6 Å². The van der Waals surface area contributed by atoms with Crippen LogP contribution >= 0.6 is 0 Å². The lowest BCUT2D eigenvalue weighted by atomic mass is 9.90. The number of piperazine rings is 1. The topological polar surface area (TPSA) is 72.9 Å². The third kappa shape index (κ3) is 3.30. The number of hydrogen-bond donors (Lipinski definition) is 2. The average Bonchev–Trinajstić information content (AvgIpc) is 2.88. The number of carbonyl (C=O) groups is 2. The largest absolute Gasteiger partial charge is 0.480 e. The normalized spacial score (nSPS) is 27.8. The van der Waals surface area contributed by atoms with Gasteiger partial charge in [-0.2, -0.15) is 0 Å². The molecular weight excluding hydrogens is 258 g/mol. The second-order valence-electron chi connectivity index (χ2n) is 5.82. The Hall–Kier alpha value is -1.14. The molecule has 0 saturated carbocycles. The molecule has 0 aromatic rings. The van der Waals surface area contributed by atoms with Gasteiger partial charge in [0.25, 0.3) is 0 Å². The second-order valence-corrected chi connectivity index (χ2v) is 5.82. The Bertz CT molecular complexity index is 359. The summed E-state index contributed by atoms with van der Waals surface area (Å²) in [6.07, 6.45) is 3.87. The molecule has 2 fully saturated rings. The molecule has 0 radical (unpaired) electrons. The molecule has 0 aromatic heterocycles. The monoisotopic (exact) mass is 283 g/mol. The van der Waals surface area contributed by atoms with E-state index in [0.717, 1.165) is 32.2 Å². The highest BCUT2D eigenvalue weighted by Crippen LogP contribution is 2.27. The number of carboxylic acids is 1. The van der Waals surface area contributed by atoms with E-state index in [2.05, 4.69) is 12.2 Å². The number of amides is 1. The lowest BCUT2D eigenvalue weighted by Gasteiger charge is -2.39. The fourth-order valence-electron chi connectivity index (χ4n) is 3.34. The maximum absolute atomic E-state index is 12.8. The molecular formula is C14H25N3O3. The average molecular weight is 283 g/mol. The van der Waals surface area contributed by atoms with E-state index < -0.39 is 5.97 Å². The molecule has 1 atom stereocenters. The standard InChI is InChI=1S/C14H25N3O3/c1-2-4-14(5-3-6-15-14)13(20)17-9-7-16(8-10-17)11-12(18)19/h15H,2-11H2,1H3,(H,18,19). The minimum absolute atomic E-state index is 0.0698. The van der Waals surface area contributed by atoms with Crippen LogP contribution < -0.4 is 5.32 Å². The number of nitrogens with zero attached hydrogens (tertiary/aromatic N) is 2. The predicted molar refractivity (Wildman–Crippen MR) is 75.5 cm³/mol. The molecule has 0 bridgehead atoms. The molecule has 114 valence electrons. The van der Waals surface area contributed by atoms with Crippen LogP contribution in [0.1, 0.15) is 32.6 Å². The lowest BCUT2D eigenvalue weighted by Crippen LogP contribution is -2.59. The Morgan fingerprint density at radius 1 is 1.25 bits per heavy atom. The quantitative estimate of drug-likeness (QED) is 0.751. The van der Waals surface area contributed by atoms with E-state index in [0.29, 0.717) is 26.2 Å². The smallest absolute Gasteiger partial charge is 0.317 e. The summed E-state index contributed by atoms with van der Waals surface area (Å²) in [6.45, 7) is 5.68. The van der Waals surface area contributed by atoms with Crippen LogP contribution in [0.25, 0.3) is 0 Å². The van der Waals surface area contributed by atoms with Crippen LogP contribution in [0.4, 0.5) is 0 Å². The summed E-state index contributed by atoms with van der Waals surface area (Å²) in [7, 11) is 0. The first-order valence-electron chi connectivity index (χ1n) is 7.56. The van der Waals surface area contributed by atoms with Gasteiger partial charge in [0.1, 0.15) is 0 Å². The van der Waals surface area contributed by atoms with E-state index >= 15 is 0 Å². The van der Waals surface area contributed by atoms with Crippen molar-refractivity contribution < 1.29 is 14.7 Å². The van der Waals surface area contributed by atoms with E-state index in [4.69, 9.17) is 5.11 Å². The van der Waals surface area contributed by atoms with Gasteiger partial charge in [-0.3, -0.25) is 14.5 Å². The highest BCUT2D eigenvalue weighted by molar-refractivity contribution is 5.87. The Kier molecular flexibility index (Phi) is 4.99. The SMILES string of the molecule is CCCC1(C(=O)N2CCN(CC(=O)O)CC2)CCCN1. The molecule has 1 unspecified atom stereocenters. The van der Waals surface area contributed by atoms with Gasteiger partial charge < -0.3 is 15.3 Å². The van der Waals surface area contributed by atoms with E-state index in [9.17, 15) is 9.59 Å². The molecule has 2 saturated heterocycles. The third-order valence-electron chi connectivity index (χ3n) is 4.35. The van der Waals surface area contributed by atoms with E-state index in [1.54, 1.807) is 0 Å². The van der Waals surface area contributed by atoms with Crippen molar-refractivity contribution in [1.82, 2.24) is 15.1 Å². The fraction of sp³-hybridized carbons (Fsp3) is 0.857. The molecule has 2 N–H and O–H groups in total. The Morgan fingerprint density at radius 3 is 2.45 bits per heavy atom. The second kappa shape index (κ2) is 6.54. The molecule has 1 amide bonds. The Labute approximate surface area is 120 Å². The zero-order valence-electron chi connectivity index (χ0n) is 12.2. The van der Waals surface area contributed by atoms with Crippen LogP contribution in [0.5, 0.6) is 0 Å². The summed E-state index contributed by atoms with van der Waals surface area (Å²) in [5.41, 5.74) is -0.357. The van der Waals surface area contributed by atoms with E-state index in [-0.39, 0.29) is 18.0 Å². The first kappa shape index (κ1) is 15.3. The van der Waals surface area contributed by atoms with Gasteiger partial charge in [-0.05, 0) is 25.8 Å². The van der Waals surface area contributed by atoms with Crippen molar-refractivity contribution in [2.45, 2.75) is 38.1 Å². The van der Waals surface area contributed by atoms with Crippen LogP contribution in [-0.2, 0) is 9.59 Å². The van der Waals surface area contributed by atoms with Crippen molar-refractivity contribution in [3.05, 3.63) is 0 Å². The highest BCUT2D eigenvalue weighted by atomic mass is 16.4. The summed E-state index contributed by atoms with van der Waals surface area (Å²) in [5, 5.41) is 12.2. The minimum atomic E-state index is -0.801. The first-order valence-corrected chi connectivity index (χ1v) is 7.56. The summed E-state index contributed by atoms with van der Waals surface area (Å²) in [5.74, 6) is -0.587. The van der Waals surface area contributed by atoms with Gasteiger partial charge in [-0.1, -0.05) is 13.3 Å². The van der Waals surface area contributed by atoms with Gasteiger partial charge in [0.2, 0.25) is 5.91 Å². The molecule has 2 aliphatic heterocycles. The molecule has 6 nitrogen and oxygen atoms in total. The van der Waals surface area contributed by atoms with Gasteiger partial charge in [0, 0.05) is 26.2 Å². The van der Waals surface area contributed by atoms with Crippen molar-refractivity contribution in [2.24, 2.45) is 0 Å². The minimum Gasteiger partial charge on any atom is -0.480 e. The zero-order valence-corrected chi connectivity index (χ0v) is 12.2. The van der Waals surface area contributed by atoms with Crippen LogP contribution in [0.15, 0.2) is 0 Å². The van der Waals surface area contributed by atoms with Crippen molar-refractivity contribution in [2.75, 3.05) is 39.3 Å². The van der Waals surface area contributed by atoms with E-state index in [1.165, 1.54) is 0 Å². The first-order chi connectivity index (χ1) is 9.57. The number of rotatable bonds is 5. The molecule has 0 aliphatic carbocycles. The lowest BCUT2D eigenvalue weighted by molar-refractivity contribution is -0.141. The van der Waals surface area contributed by atoms with Gasteiger partial charge in [0.05, 0.1) is 12.1 Å². The van der Waals surface area contributed by atoms with Gasteiger partial charge in [-0.15, -0.1) is 0 Å². The number of nitrogens with one attached hydrogen (secondary N) is 1.